The molecule has 0 radical (unpaired) electrons. The molecule has 0 atom stereocenters. The quantitative estimate of drug-likeness (QED) is 0.709. The molecular formula is C12H14N2O. The molecule has 3 nitrogen and oxygen atoms in total. The number of para-hydroxylation sites is 1. The van der Waals surface area contributed by atoms with Crippen LogP contribution in [0.15, 0.2) is 29.3 Å². The van der Waals surface area contributed by atoms with Crippen molar-refractivity contribution in [3.05, 3.63) is 40.4 Å². The summed E-state index contributed by atoms with van der Waals surface area (Å²) in [6.45, 7) is 4.21. The summed E-state index contributed by atoms with van der Waals surface area (Å²) in [5, 5.41) is 0.700. The molecule has 0 aliphatic carbocycles. The fourth-order valence-electron chi connectivity index (χ4n) is 1.73. The molecule has 0 N–H and O–H groups in total. The molecule has 3 heteroatoms. The molecule has 2 rings (SSSR count). The van der Waals surface area contributed by atoms with E-state index in [0.717, 1.165) is 11.1 Å². The highest BCUT2D eigenvalue weighted by atomic mass is 16.1. The third-order valence-electron chi connectivity index (χ3n) is 2.60. The second-order valence-corrected chi connectivity index (χ2v) is 4.06. The fourth-order valence-corrected chi connectivity index (χ4v) is 1.73. The van der Waals surface area contributed by atoms with E-state index < -0.39 is 0 Å². The summed E-state index contributed by atoms with van der Waals surface area (Å²) < 4.78 is 1.51. The SMILES string of the molecule is CC(C)c1cccc2c(=O)n(C)cnc12. The zero-order chi connectivity index (χ0) is 11.0. The number of hydrogen-bond donors (Lipinski definition) is 0. The van der Waals surface area contributed by atoms with Gasteiger partial charge in [0.1, 0.15) is 0 Å². The third kappa shape index (κ3) is 1.54. The predicted octanol–water partition coefficient (Wildman–Crippen LogP) is 2.06. The van der Waals surface area contributed by atoms with Gasteiger partial charge in [-0.15, -0.1) is 0 Å². The molecule has 0 amide bonds. The van der Waals surface area contributed by atoms with Crippen molar-refractivity contribution in [3.8, 4) is 0 Å². The Morgan fingerprint density at radius 2 is 2.07 bits per heavy atom. The van der Waals surface area contributed by atoms with Crippen molar-refractivity contribution in [2.24, 2.45) is 7.05 Å². The number of aromatic nitrogens is 2. The Labute approximate surface area is 88.4 Å². The molecule has 15 heavy (non-hydrogen) atoms. The van der Waals surface area contributed by atoms with Crippen LogP contribution in [-0.2, 0) is 7.05 Å². The van der Waals surface area contributed by atoms with Crippen molar-refractivity contribution in [2.45, 2.75) is 19.8 Å². The minimum atomic E-state index is 0.0162. The largest absolute Gasteiger partial charge is 0.302 e. The molecule has 78 valence electrons. The first kappa shape index (κ1) is 9.90. The molecule has 2 aromatic rings. The second kappa shape index (κ2) is 3.50. The van der Waals surface area contributed by atoms with Gasteiger partial charge in [-0.2, -0.15) is 0 Å². The average molecular weight is 202 g/mol. The Kier molecular flexibility index (Phi) is 2.31. The van der Waals surface area contributed by atoms with Crippen LogP contribution in [0.1, 0.15) is 25.3 Å². The van der Waals surface area contributed by atoms with Gasteiger partial charge >= 0.3 is 0 Å². The van der Waals surface area contributed by atoms with Crippen LogP contribution < -0.4 is 5.56 Å². The monoisotopic (exact) mass is 202 g/mol. The first-order chi connectivity index (χ1) is 7.11. The molecule has 0 spiro atoms. The maximum atomic E-state index is 11.8. The van der Waals surface area contributed by atoms with Gasteiger partial charge in [0.05, 0.1) is 17.2 Å². The summed E-state index contributed by atoms with van der Waals surface area (Å²) in [6, 6.07) is 5.77. The molecule has 0 saturated carbocycles. The normalized spacial score (nSPS) is 11.2. The molecule has 1 heterocycles. The van der Waals surface area contributed by atoms with Gasteiger partial charge < -0.3 is 4.57 Å². The van der Waals surface area contributed by atoms with E-state index in [9.17, 15) is 4.79 Å². The van der Waals surface area contributed by atoms with Crippen molar-refractivity contribution in [1.29, 1.82) is 0 Å². The summed E-state index contributed by atoms with van der Waals surface area (Å²) in [4.78, 5) is 16.2. The molecular weight excluding hydrogens is 188 g/mol. The van der Waals surface area contributed by atoms with Crippen LogP contribution in [0.5, 0.6) is 0 Å². The van der Waals surface area contributed by atoms with Gasteiger partial charge in [0.2, 0.25) is 0 Å². The van der Waals surface area contributed by atoms with Gasteiger partial charge in [-0.3, -0.25) is 4.79 Å². The molecule has 1 aromatic heterocycles. The highest BCUT2D eigenvalue weighted by Gasteiger charge is 2.08. The van der Waals surface area contributed by atoms with E-state index >= 15 is 0 Å². The summed E-state index contributed by atoms with van der Waals surface area (Å²) in [5.74, 6) is 0.383. The van der Waals surface area contributed by atoms with E-state index in [2.05, 4.69) is 18.8 Å². The van der Waals surface area contributed by atoms with Gasteiger partial charge in [-0.1, -0.05) is 26.0 Å². The molecule has 0 bridgehead atoms. The Morgan fingerprint density at radius 1 is 1.33 bits per heavy atom. The number of benzene rings is 1. The number of aryl methyl sites for hydroxylation is 1. The Morgan fingerprint density at radius 3 is 2.73 bits per heavy atom. The summed E-state index contributed by atoms with van der Waals surface area (Å²) in [7, 11) is 1.72. The van der Waals surface area contributed by atoms with Crippen LogP contribution >= 0.6 is 0 Å². The number of fused-ring (bicyclic) bond motifs is 1. The van der Waals surface area contributed by atoms with Gasteiger partial charge in [0, 0.05) is 7.05 Å². The van der Waals surface area contributed by atoms with Gasteiger partial charge in [0.25, 0.3) is 5.56 Å². The van der Waals surface area contributed by atoms with Crippen LogP contribution in [0.4, 0.5) is 0 Å². The molecule has 0 unspecified atom stereocenters. The summed E-state index contributed by atoms with van der Waals surface area (Å²) in [6.07, 6.45) is 1.58. The van der Waals surface area contributed by atoms with Crippen molar-refractivity contribution >= 4 is 10.9 Å². The minimum absolute atomic E-state index is 0.0162. The first-order valence-electron chi connectivity index (χ1n) is 5.05. The standard InChI is InChI=1S/C12H14N2O/c1-8(2)9-5-4-6-10-11(9)13-7-14(3)12(10)15/h4-8H,1-3H3. The van der Waals surface area contributed by atoms with E-state index in [0.29, 0.717) is 11.3 Å². The van der Waals surface area contributed by atoms with Gasteiger partial charge in [-0.05, 0) is 17.5 Å². The highest BCUT2D eigenvalue weighted by Crippen LogP contribution is 2.20. The molecule has 0 aliphatic heterocycles. The van der Waals surface area contributed by atoms with Crippen LogP contribution in [-0.4, -0.2) is 9.55 Å². The van der Waals surface area contributed by atoms with E-state index in [4.69, 9.17) is 0 Å². The number of hydrogen-bond acceptors (Lipinski definition) is 2. The Bertz CT molecular complexity index is 555. The number of nitrogens with zero attached hydrogens (tertiary/aromatic N) is 2. The predicted molar refractivity (Wildman–Crippen MR) is 61.1 cm³/mol. The van der Waals surface area contributed by atoms with Gasteiger partial charge in [0.15, 0.2) is 0 Å². The lowest BCUT2D eigenvalue weighted by Gasteiger charge is -2.08. The van der Waals surface area contributed by atoms with Crippen LogP contribution in [0.3, 0.4) is 0 Å². The fraction of sp³-hybridized carbons (Fsp3) is 0.333. The lowest BCUT2D eigenvalue weighted by atomic mass is 10.0. The van der Waals surface area contributed by atoms with Crippen LogP contribution in [0, 0.1) is 0 Å². The summed E-state index contributed by atoms with van der Waals surface area (Å²) >= 11 is 0. The maximum Gasteiger partial charge on any atom is 0.260 e. The topological polar surface area (TPSA) is 34.9 Å². The second-order valence-electron chi connectivity index (χ2n) is 4.06. The third-order valence-corrected chi connectivity index (χ3v) is 2.60. The molecule has 1 aromatic carbocycles. The first-order valence-corrected chi connectivity index (χ1v) is 5.05. The highest BCUT2D eigenvalue weighted by molar-refractivity contribution is 5.81. The van der Waals surface area contributed by atoms with E-state index in [1.54, 1.807) is 13.4 Å². The van der Waals surface area contributed by atoms with Crippen molar-refractivity contribution in [1.82, 2.24) is 9.55 Å². The van der Waals surface area contributed by atoms with E-state index in [1.165, 1.54) is 4.57 Å². The zero-order valence-electron chi connectivity index (χ0n) is 9.19. The minimum Gasteiger partial charge on any atom is -0.302 e. The molecule has 0 aliphatic rings. The maximum absolute atomic E-state index is 11.8. The summed E-state index contributed by atoms with van der Waals surface area (Å²) in [5.41, 5.74) is 1.98. The zero-order valence-corrected chi connectivity index (χ0v) is 9.19. The van der Waals surface area contributed by atoms with Crippen molar-refractivity contribution in [2.75, 3.05) is 0 Å². The van der Waals surface area contributed by atoms with Crippen molar-refractivity contribution in [3.63, 3.8) is 0 Å². The average Bonchev–Trinajstić information content (AvgIpc) is 2.23. The Balaban J connectivity index is 2.90. The lowest BCUT2D eigenvalue weighted by Crippen LogP contribution is -2.17. The molecule has 0 saturated heterocycles. The molecule has 0 fully saturated rings. The van der Waals surface area contributed by atoms with Crippen LogP contribution in [0.25, 0.3) is 10.9 Å². The van der Waals surface area contributed by atoms with E-state index in [1.807, 2.05) is 18.2 Å². The Hall–Kier alpha value is -1.64. The van der Waals surface area contributed by atoms with Crippen LogP contribution in [0.2, 0.25) is 0 Å². The number of rotatable bonds is 1. The smallest absolute Gasteiger partial charge is 0.260 e. The lowest BCUT2D eigenvalue weighted by molar-refractivity contribution is 0.832. The van der Waals surface area contributed by atoms with Crippen molar-refractivity contribution < 1.29 is 0 Å². The van der Waals surface area contributed by atoms with E-state index in [-0.39, 0.29) is 5.56 Å². The van der Waals surface area contributed by atoms with Gasteiger partial charge in [-0.25, -0.2) is 4.98 Å².